The molecule has 1 atom stereocenters. The van der Waals surface area contributed by atoms with Crippen LogP contribution in [0.15, 0.2) is 41.3 Å². The van der Waals surface area contributed by atoms with E-state index in [9.17, 15) is 8.60 Å². The molecule has 1 saturated carbocycles. The molecule has 2 N–H and O–H groups in total. The Balaban J connectivity index is 1.66. The number of nitrogens with one attached hydrogen (secondary N) is 2. The van der Waals surface area contributed by atoms with Gasteiger partial charge in [0.05, 0.1) is 26.3 Å². The van der Waals surface area contributed by atoms with Gasteiger partial charge in [-0.1, -0.05) is 22.9 Å². The number of amidine groups is 1. The molecule has 152 valence electrons. The minimum Gasteiger partial charge on any atom is -0.351 e. The topological polar surface area (TPSA) is 56.2 Å². The molecule has 1 unspecified atom stereocenters. The molecular weight excluding hydrogens is 395 g/mol. The number of benzene rings is 2. The average Bonchev–Trinajstić information content (AvgIpc) is 3.39. The Morgan fingerprint density at radius 3 is 2.47 bits per heavy atom. The number of aryl methyl sites for hydroxylation is 2. The molecule has 2 aromatic rings. The van der Waals surface area contributed by atoms with Crippen molar-refractivity contribution in [1.29, 1.82) is 5.41 Å². The average molecular weight is 419 g/mol. The van der Waals surface area contributed by atoms with Gasteiger partial charge in [-0.2, -0.15) is 0 Å². The van der Waals surface area contributed by atoms with Crippen molar-refractivity contribution >= 4 is 38.2 Å². The molecular formula is C22H24B2FN3OS. The summed E-state index contributed by atoms with van der Waals surface area (Å²) in [6.45, 7) is 4.30. The van der Waals surface area contributed by atoms with Gasteiger partial charge in [0.25, 0.3) is 0 Å². The fourth-order valence-corrected chi connectivity index (χ4v) is 5.25. The third kappa shape index (κ3) is 4.07. The van der Waals surface area contributed by atoms with Gasteiger partial charge in [-0.05, 0) is 69.4 Å². The number of rotatable bonds is 4. The van der Waals surface area contributed by atoms with Gasteiger partial charge in [0.15, 0.2) is 0 Å². The molecule has 30 heavy (non-hydrogen) atoms. The molecule has 2 aromatic carbocycles. The second kappa shape index (κ2) is 7.56. The molecule has 1 saturated heterocycles. The van der Waals surface area contributed by atoms with Crippen LogP contribution in [0.25, 0.3) is 0 Å². The van der Waals surface area contributed by atoms with Gasteiger partial charge < -0.3 is 9.62 Å². The van der Waals surface area contributed by atoms with Gasteiger partial charge in [-0.3, -0.25) is 5.41 Å². The zero-order chi connectivity index (χ0) is 21.7. The van der Waals surface area contributed by atoms with Crippen LogP contribution in [-0.4, -0.2) is 42.7 Å². The lowest BCUT2D eigenvalue weighted by Crippen LogP contribution is -2.50. The highest BCUT2D eigenvalue weighted by Gasteiger charge is 2.54. The molecule has 1 heterocycles. The van der Waals surface area contributed by atoms with Crippen molar-refractivity contribution in [2.75, 3.05) is 11.3 Å². The van der Waals surface area contributed by atoms with Crippen molar-refractivity contribution in [3.8, 4) is 0 Å². The van der Waals surface area contributed by atoms with Crippen molar-refractivity contribution in [2.45, 2.75) is 55.2 Å². The maximum atomic E-state index is 14.2. The van der Waals surface area contributed by atoms with Crippen LogP contribution < -0.4 is 4.72 Å². The zero-order valence-electron chi connectivity index (χ0n) is 17.3. The van der Waals surface area contributed by atoms with Crippen LogP contribution in [0.4, 0.5) is 10.1 Å². The molecule has 4 radical (unpaired) electrons. The van der Waals surface area contributed by atoms with Gasteiger partial charge in [0, 0.05) is 17.6 Å². The first-order valence-electron chi connectivity index (χ1n) is 10.1. The molecule has 4 rings (SSSR count). The normalized spacial score (nSPS) is 20.0. The Labute approximate surface area is 182 Å². The van der Waals surface area contributed by atoms with E-state index in [0.29, 0.717) is 46.9 Å². The lowest BCUT2D eigenvalue weighted by molar-refractivity contribution is 0.208. The van der Waals surface area contributed by atoms with Gasteiger partial charge >= 0.3 is 0 Å². The van der Waals surface area contributed by atoms with Crippen molar-refractivity contribution in [3.63, 3.8) is 0 Å². The largest absolute Gasteiger partial charge is 0.351 e. The minimum atomic E-state index is -1.58. The Kier molecular flexibility index (Phi) is 5.33. The standard InChI is InChI=1S/C22H24B2FN3OS/c1-14-3-5-17(6-4-14)30(29)27-18-12-16(25)11-15(2)19(18)20(26)28-10-9-22(23,24)13-21(28)7-8-21/h3-6,11-12,26-27H,7-10,13H2,1-2H3. The van der Waals surface area contributed by atoms with E-state index in [1.54, 1.807) is 19.1 Å². The molecule has 1 aliphatic carbocycles. The Bertz CT molecular complexity index is 1020. The van der Waals surface area contributed by atoms with Crippen LogP contribution in [0.1, 0.15) is 42.4 Å². The second-order valence-corrected chi connectivity index (χ2v) is 9.93. The van der Waals surface area contributed by atoms with E-state index in [-0.39, 0.29) is 5.54 Å². The summed E-state index contributed by atoms with van der Waals surface area (Å²) in [6.07, 6.45) is 3.07. The first kappa shape index (κ1) is 21.2. The highest BCUT2D eigenvalue weighted by atomic mass is 32.2. The van der Waals surface area contributed by atoms with Gasteiger partial charge in [0.1, 0.15) is 22.6 Å². The van der Waals surface area contributed by atoms with E-state index >= 15 is 0 Å². The monoisotopic (exact) mass is 419 g/mol. The maximum absolute atomic E-state index is 14.2. The molecule has 1 spiro atoms. The summed E-state index contributed by atoms with van der Waals surface area (Å²) in [5.41, 5.74) is 2.40. The summed E-state index contributed by atoms with van der Waals surface area (Å²) in [4.78, 5) is 2.64. The molecule has 0 aromatic heterocycles. The molecule has 0 amide bonds. The highest BCUT2D eigenvalue weighted by Crippen LogP contribution is 2.55. The first-order chi connectivity index (χ1) is 14.1. The summed E-state index contributed by atoms with van der Waals surface area (Å²) >= 11 is 0. The number of hydrogen-bond acceptors (Lipinski definition) is 2. The van der Waals surface area contributed by atoms with Crippen LogP contribution in [-0.2, 0) is 11.0 Å². The molecule has 8 heteroatoms. The van der Waals surface area contributed by atoms with E-state index in [1.807, 2.05) is 24.0 Å². The fourth-order valence-electron chi connectivity index (χ4n) is 4.39. The third-order valence-electron chi connectivity index (χ3n) is 6.10. The van der Waals surface area contributed by atoms with Crippen LogP contribution >= 0.6 is 0 Å². The first-order valence-corrected chi connectivity index (χ1v) is 11.2. The molecule has 0 bridgehead atoms. The van der Waals surface area contributed by atoms with Crippen LogP contribution in [0.3, 0.4) is 0 Å². The minimum absolute atomic E-state index is 0.201. The Morgan fingerprint density at radius 2 is 1.83 bits per heavy atom. The van der Waals surface area contributed by atoms with E-state index in [4.69, 9.17) is 21.1 Å². The third-order valence-corrected chi connectivity index (χ3v) is 7.21. The number of halogens is 1. The zero-order valence-corrected chi connectivity index (χ0v) is 18.1. The van der Waals surface area contributed by atoms with Crippen LogP contribution in [0.5, 0.6) is 0 Å². The molecule has 1 aliphatic heterocycles. The quantitative estimate of drug-likeness (QED) is 0.448. The Hall–Kier alpha value is -2.08. The number of hydrogen-bond donors (Lipinski definition) is 2. The number of anilines is 1. The summed E-state index contributed by atoms with van der Waals surface area (Å²) in [7, 11) is 10.8. The van der Waals surface area contributed by atoms with Crippen LogP contribution in [0.2, 0.25) is 5.21 Å². The van der Waals surface area contributed by atoms with Crippen LogP contribution in [0, 0.1) is 25.1 Å². The van der Waals surface area contributed by atoms with E-state index in [0.717, 1.165) is 18.4 Å². The predicted octanol–water partition coefficient (Wildman–Crippen LogP) is 3.98. The summed E-state index contributed by atoms with van der Waals surface area (Å²) in [5, 5.41) is 8.24. The SMILES string of the molecule is [B]C1([B])CCN(C(=N)c2c(C)cc(F)cc2NS(=O)c2ccc(C)cc2)C2(CC2)C1. The predicted molar refractivity (Wildman–Crippen MR) is 121 cm³/mol. The second-order valence-electron chi connectivity index (χ2n) is 8.71. The highest BCUT2D eigenvalue weighted by molar-refractivity contribution is 7.86. The Morgan fingerprint density at radius 1 is 1.17 bits per heavy atom. The van der Waals surface area contributed by atoms with E-state index in [1.165, 1.54) is 12.1 Å². The lowest BCUT2D eigenvalue weighted by atomic mass is 9.48. The molecule has 4 nitrogen and oxygen atoms in total. The van der Waals surface area contributed by atoms with Crippen molar-refractivity contribution in [3.05, 3.63) is 58.9 Å². The number of piperidine rings is 1. The molecule has 2 aliphatic rings. The molecule has 2 fully saturated rings. The van der Waals surface area contributed by atoms with Gasteiger partial charge in [-0.25, -0.2) is 8.60 Å². The van der Waals surface area contributed by atoms with Crippen molar-refractivity contribution in [1.82, 2.24) is 4.90 Å². The summed E-state index contributed by atoms with van der Waals surface area (Å²) in [5.74, 6) is -0.140. The fraction of sp³-hybridized carbons (Fsp3) is 0.409. The van der Waals surface area contributed by atoms with Gasteiger partial charge in [-0.15, -0.1) is 0 Å². The number of likely N-dealkylation sites (tertiary alicyclic amines) is 1. The van der Waals surface area contributed by atoms with E-state index in [2.05, 4.69) is 4.72 Å². The smallest absolute Gasteiger partial charge is 0.150 e. The summed E-state index contributed by atoms with van der Waals surface area (Å²) in [6, 6.07) is 10.0. The maximum Gasteiger partial charge on any atom is 0.150 e. The number of nitrogens with zero attached hydrogens (tertiary/aromatic N) is 1. The summed E-state index contributed by atoms with van der Waals surface area (Å²) < 4.78 is 30.0. The van der Waals surface area contributed by atoms with Crippen molar-refractivity contribution in [2.24, 2.45) is 0 Å². The lowest BCUT2D eigenvalue weighted by Gasteiger charge is -2.46. The van der Waals surface area contributed by atoms with E-state index < -0.39 is 22.0 Å². The van der Waals surface area contributed by atoms with Gasteiger partial charge in [0.2, 0.25) is 0 Å². The van der Waals surface area contributed by atoms with Crippen molar-refractivity contribution < 1.29 is 8.60 Å².